The third-order valence-corrected chi connectivity index (χ3v) is 4.51. The molecule has 0 fully saturated rings. The number of halogens is 3. The van der Waals surface area contributed by atoms with Gasteiger partial charge in [0.05, 0.1) is 28.6 Å². The molecule has 140 valence electrons. The van der Waals surface area contributed by atoms with E-state index in [0.717, 1.165) is 22.6 Å². The molecule has 3 rings (SSSR count). The molecule has 0 spiro atoms. The number of nitrogens with zero attached hydrogens (tertiary/aromatic N) is 2. The van der Waals surface area contributed by atoms with Crippen molar-refractivity contribution in [2.75, 3.05) is 10.6 Å². The normalized spacial score (nSPS) is 10.7. The van der Waals surface area contributed by atoms with E-state index in [9.17, 15) is 8.78 Å². The second-order valence-electron chi connectivity index (χ2n) is 6.04. The van der Waals surface area contributed by atoms with Gasteiger partial charge in [-0.05, 0) is 62.0 Å². The topological polar surface area (TPSA) is 41.9 Å². The van der Waals surface area contributed by atoms with Gasteiger partial charge in [-0.25, -0.2) is 8.78 Å². The quantitative estimate of drug-likeness (QED) is 0.578. The summed E-state index contributed by atoms with van der Waals surface area (Å²) >= 11 is 11.1. The molecule has 0 amide bonds. The van der Waals surface area contributed by atoms with Crippen molar-refractivity contribution < 1.29 is 8.78 Å². The highest BCUT2D eigenvalue weighted by Crippen LogP contribution is 2.22. The van der Waals surface area contributed by atoms with Crippen molar-refractivity contribution in [1.29, 1.82) is 0 Å². The Morgan fingerprint density at radius 1 is 1.15 bits per heavy atom. The smallest absolute Gasteiger partial charge is 0.175 e. The molecule has 27 heavy (non-hydrogen) atoms. The number of hydrogen-bond donors (Lipinski definition) is 2. The van der Waals surface area contributed by atoms with E-state index in [1.807, 2.05) is 19.9 Å². The second kappa shape index (κ2) is 8.02. The van der Waals surface area contributed by atoms with E-state index in [4.69, 9.17) is 23.8 Å². The van der Waals surface area contributed by atoms with Crippen LogP contribution in [0.15, 0.2) is 42.5 Å². The number of hydrogen-bond acceptors (Lipinski definition) is 2. The lowest BCUT2D eigenvalue weighted by molar-refractivity contribution is 0.616. The first-order chi connectivity index (χ1) is 12.8. The van der Waals surface area contributed by atoms with Crippen molar-refractivity contribution in [1.82, 2.24) is 9.78 Å². The third-order valence-electron chi connectivity index (χ3n) is 4.02. The lowest BCUT2D eigenvalue weighted by Crippen LogP contribution is -2.20. The maximum Gasteiger partial charge on any atom is 0.175 e. The van der Waals surface area contributed by atoms with E-state index in [1.54, 1.807) is 16.8 Å². The Morgan fingerprint density at radius 2 is 1.93 bits per heavy atom. The van der Waals surface area contributed by atoms with E-state index >= 15 is 0 Å². The molecule has 0 saturated carbocycles. The van der Waals surface area contributed by atoms with Crippen LogP contribution in [0.2, 0.25) is 5.02 Å². The minimum Gasteiger partial charge on any atom is -0.332 e. The lowest BCUT2D eigenvalue weighted by atomic mass is 10.2. The van der Waals surface area contributed by atoms with Crippen molar-refractivity contribution in [3.8, 4) is 0 Å². The van der Waals surface area contributed by atoms with Gasteiger partial charge >= 0.3 is 0 Å². The van der Waals surface area contributed by atoms with Crippen LogP contribution in [0.1, 0.15) is 17.0 Å². The maximum atomic E-state index is 13.4. The molecule has 0 bridgehead atoms. The molecule has 0 saturated heterocycles. The van der Waals surface area contributed by atoms with Crippen molar-refractivity contribution >= 4 is 40.3 Å². The fraction of sp³-hybridized carbons (Fsp3) is 0.158. The van der Waals surface area contributed by atoms with Crippen molar-refractivity contribution in [2.45, 2.75) is 20.4 Å². The highest BCUT2D eigenvalue weighted by Gasteiger charge is 2.13. The standard InChI is InChI=1S/C19H17ClF2N4S/c1-11-18(24-19(27)23-15-6-7-17(22)16(20)9-15)12(2)26(25-11)10-13-4-3-5-14(21)8-13/h3-9H,10H2,1-2H3,(H2,23,24,27). The van der Waals surface area contributed by atoms with Gasteiger partial charge in [0.25, 0.3) is 0 Å². The Morgan fingerprint density at radius 3 is 2.63 bits per heavy atom. The number of aromatic nitrogens is 2. The predicted molar refractivity (Wildman–Crippen MR) is 108 cm³/mol. The largest absolute Gasteiger partial charge is 0.332 e. The summed E-state index contributed by atoms with van der Waals surface area (Å²) < 4.78 is 28.4. The van der Waals surface area contributed by atoms with Gasteiger partial charge in [-0.1, -0.05) is 23.7 Å². The fourth-order valence-electron chi connectivity index (χ4n) is 2.69. The SMILES string of the molecule is Cc1nn(Cc2cccc(F)c2)c(C)c1NC(=S)Nc1ccc(F)c(Cl)c1. The molecule has 1 heterocycles. The number of benzene rings is 2. The molecular formula is C19H17ClF2N4S. The Labute approximate surface area is 166 Å². The van der Waals surface area contributed by atoms with E-state index in [-0.39, 0.29) is 10.8 Å². The summed E-state index contributed by atoms with van der Waals surface area (Å²) in [5.41, 5.74) is 3.76. The highest BCUT2D eigenvalue weighted by atomic mass is 35.5. The molecule has 0 aliphatic rings. The summed E-state index contributed by atoms with van der Waals surface area (Å²) in [6.45, 7) is 4.20. The minimum atomic E-state index is -0.494. The second-order valence-corrected chi connectivity index (χ2v) is 6.86. The zero-order valence-electron chi connectivity index (χ0n) is 14.7. The van der Waals surface area contributed by atoms with Crippen LogP contribution >= 0.6 is 23.8 Å². The van der Waals surface area contributed by atoms with Crippen LogP contribution in [0.4, 0.5) is 20.2 Å². The van der Waals surface area contributed by atoms with Crippen LogP contribution in [0.3, 0.4) is 0 Å². The molecule has 0 atom stereocenters. The van der Waals surface area contributed by atoms with E-state index in [0.29, 0.717) is 17.3 Å². The maximum absolute atomic E-state index is 13.4. The Kier molecular flexibility index (Phi) is 5.72. The summed E-state index contributed by atoms with van der Waals surface area (Å²) in [5.74, 6) is -0.776. The summed E-state index contributed by atoms with van der Waals surface area (Å²) in [4.78, 5) is 0. The first-order valence-corrected chi connectivity index (χ1v) is 8.93. The van der Waals surface area contributed by atoms with E-state index in [1.165, 1.54) is 24.3 Å². The summed E-state index contributed by atoms with van der Waals surface area (Å²) in [6.07, 6.45) is 0. The third kappa shape index (κ3) is 4.61. The van der Waals surface area contributed by atoms with Gasteiger partial charge in [-0.2, -0.15) is 5.10 Å². The van der Waals surface area contributed by atoms with Crippen LogP contribution in [0.25, 0.3) is 0 Å². The van der Waals surface area contributed by atoms with Gasteiger partial charge in [-0.15, -0.1) is 0 Å². The molecule has 2 aromatic carbocycles. The van der Waals surface area contributed by atoms with Crippen LogP contribution in [-0.4, -0.2) is 14.9 Å². The van der Waals surface area contributed by atoms with Gasteiger partial charge in [0.1, 0.15) is 11.6 Å². The molecule has 0 aliphatic carbocycles. The van der Waals surface area contributed by atoms with Gasteiger partial charge in [0.2, 0.25) is 0 Å². The molecule has 4 nitrogen and oxygen atoms in total. The van der Waals surface area contributed by atoms with E-state index < -0.39 is 5.82 Å². The fourth-order valence-corrected chi connectivity index (χ4v) is 3.09. The van der Waals surface area contributed by atoms with Crippen molar-refractivity contribution in [2.24, 2.45) is 0 Å². The van der Waals surface area contributed by atoms with Gasteiger partial charge in [-0.3, -0.25) is 4.68 Å². The summed E-state index contributed by atoms with van der Waals surface area (Å²) in [6, 6.07) is 10.7. The van der Waals surface area contributed by atoms with Gasteiger partial charge in [0, 0.05) is 5.69 Å². The first-order valence-electron chi connectivity index (χ1n) is 8.15. The first kappa shape index (κ1) is 19.3. The Hall–Kier alpha value is -2.51. The molecule has 8 heteroatoms. The van der Waals surface area contributed by atoms with Crippen LogP contribution in [0.5, 0.6) is 0 Å². The number of nitrogens with one attached hydrogen (secondary N) is 2. The zero-order chi connectivity index (χ0) is 19.6. The van der Waals surface area contributed by atoms with Gasteiger partial charge < -0.3 is 10.6 Å². The summed E-state index contributed by atoms with van der Waals surface area (Å²) in [7, 11) is 0. The minimum absolute atomic E-state index is 0.0121. The van der Waals surface area contributed by atoms with Crippen LogP contribution in [-0.2, 0) is 6.54 Å². The van der Waals surface area contributed by atoms with Crippen LogP contribution < -0.4 is 10.6 Å². The number of rotatable bonds is 4. The number of anilines is 2. The molecule has 0 unspecified atom stereocenters. The molecule has 3 aromatic rings. The molecule has 2 N–H and O–H groups in total. The highest BCUT2D eigenvalue weighted by molar-refractivity contribution is 7.80. The summed E-state index contributed by atoms with van der Waals surface area (Å²) in [5, 5.41) is 10.9. The van der Waals surface area contributed by atoms with E-state index in [2.05, 4.69) is 15.7 Å². The average molecular weight is 407 g/mol. The monoisotopic (exact) mass is 406 g/mol. The molecule has 0 aliphatic heterocycles. The van der Waals surface area contributed by atoms with Crippen LogP contribution in [0, 0.1) is 25.5 Å². The number of thiocarbonyl (C=S) groups is 1. The number of aryl methyl sites for hydroxylation is 1. The lowest BCUT2D eigenvalue weighted by Gasteiger charge is -2.12. The van der Waals surface area contributed by atoms with Crippen molar-refractivity contribution in [3.63, 3.8) is 0 Å². The Bertz CT molecular complexity index is 1000. The molecule has 0 radical (unpaired) electrons. The molecular weight excluding hydrogens is 390 g/mol. The van der Waals surface area contributed by atoms with Crippen molar-refractivity contribution in [3.05, 3.63) is 76.1 Å². The predicted octanol–water partition coefficient (Wildman–Crippen LogP) is 5.29. The average Bonchev–Trinajstić information content (AvgIpc) is 2.86. The Balaban J connectivity index is 1.74. The van der Waals surface area contributed by atoms with Gasteiger partial charge in [0.15, 0.2) is 5.11 Å². The zero-order valence-corrected chi connectivity index (χ0v) is 16.3. The molecule has 1 aromatic heterocycles.